The van der Waals surface area contributed by atoms with Crippen LogP contribution in [-0.2, 0) is 0 Å². The lowest BCUT2D eigenvalue weighted by atomic mass is 9.77. The van der Waals surface area contributed by atoms with Crippen molar-refractivity contribution in [2.75, 3.05) is 0 Å². The monoisotopic (exact) mass is 839 g/mol. The van der Waals surface area contributed by atoms with Crippen molar-refractivity contribution < 1.29 is 0 Å². The quantitative estimate of drug-likeness (QED) is 0.139. The third kappa shape index (κ3) is 7.03. The lowest BCUT2D eigenvalue weighted by Crippen LogP contribution is -2.01. The van der Waals surface area contributed by atoms with Gasteiger partial charge >= 0.3 is 0 Å². The highest BCUT2D eigenvalue weighted by atomic mass is 14.7. The molecule has 0 bridgehead atoms. The number of hydrogen-bond acceptors (Lipinski definition) is 1. The Hall–Kier alpha value is -8.39. The van der Waals surface area contributed by atoms with Gasteiger partial charge in [0.1, 0.15) is 0 Å². The molecule has 10 aromatic carbocycles. The summed E-state index contributed by atoms with van der Waals surface area (Å²) in [6, 6.07) is 82.2. The molecule has 1 heteroatoms. The summed E-state index contributed by atoms with van der Waals surface area (Å²) in [5, 5.41) is 7.26. The third-order valence-electron chi connectivity index (χ3n) is 13.3. The molecule has 1 heterocycles. The predicted molar refractivity (Wildman–Crippen MR) is 281 cm³/mol. The van der Waals surface area contributed by atoms with Crippen LogP contribution in [0.5, 0.6) is 0 Å². The average Bonchev–Trinajstić information content (AvgIpc) is 3.40. The van der Waals surface area contributed by atoms with Crippen molar-refractivity contribution in [2.45, 2.75) is 12.8 Å². The van der Waals surface area contributed by atoms with E-state index in [0.717, 1.165) is 29.5 Å². The van der Waals surface area contributed by atoms with Crippen molar-refractivity contribution in [3.63, 3.8) is 0 Å². The molecular weight excluding hydrogens is 795 g/mol. The number of hydrogen-bond donors (Lipinski definition) is 0. The summed E-state index contributed by atoms with van der Waals surface area (Å²) in [4.78, 5) is 4.84. The van der Waals surface area contributed by atoms with Crippen LogP contribution in [0.1, 0.15) is 18.4 Å². The van der Waals surface area contributed by atoms with Crippen LogP contribution in [0.3, 0.4) is 0 Å². The van der Waals surface area contributed by atoms with Crippen LogP contribution in [0.25, 0.3) is 116 Å². The zero-order chi connectivity index (χ0) is 43.8. The number of fused-ring (bicyclic) bond motifs is 3. The van der Waals surface area contributed by atoms with Crippen molar-refractivity contribution in [1.29, 1.82) is 0 Å². The molecule has 310 valence electrons. The number of benzene rings is 10. The number of aromatic nitrogens is 1. The zero-order valence-corrected chi connectivity index (χ0v) is 36.5. The van der Waals surface area contributed by atoms with Crippen LogP contribution in [0, 0.1) is 0 Å². The van der Waals surface area contributed by atoms with E-state index in [-0.39, 0.29) is 0 Å². The Morgan fingerprint density at radius 1 is 0.303 bits per heavy atom. The second-order valence-corrected chi connectivity index (χ2v) is 17.2. The smallest absolute Gasteiger partial charge is 0.0708 e. The maximum atomic E-state index is 4.84. The number of pyridine rings is 1. The molecule has 0 spiro atoms. The first-order valence-corrected chi connectivity index (χ1v) is 23.0. The average molecular weight is 840 g/mol. The number of rotatable bonds is 8. The highest BCUT2D eigenvalue weighted by Gasteiger charge is 2.25. The van der Waals surface area contributed by atoms with Gasteiger partial charge in [-0.05, 0) is 136 Å². The highest BCUT2D eigenvalue weighted by molar-refractivity contribution is 6.21. The fourth-order valence-corrected chi connectivity index (χ4v) is 10.3. The summed E-state index contributed by atoms with van der Waals surface area (Å²) in [5.74, 6) is 0. The molecule has 0 atom stereocenters. The molecule has 0 unspecified atom stereocenters. The molecule has 0 N–H and O–H groups in total. The first-order valence-electron chi connectivity index (χ1n) is 23.0. The summed E-state index contributed by atoms with van der Waals surface area (Å²) < 4.78 is 0. The molecule has 1 aliphatic rings. The Morgan fingerprint density at radius 2 is 0.788 bits per heavy atom. The van der Waals surface area contributed by atoms with Crippen LogP contribution in [0.2, 0.25) is 0 Å². The molecule has 66 heavy (non-hydrogen) atoms. The summed E-state index contributed by atoms with van der Waals surface area (Å²) in [6.45, 7) is 0. The Bertz CT molecular complexity index is 3600. The molecule has 11 aromatic rings. The zero-order valence-electron chi connectivity index (χ0n) is 36.5. The minimum atomic E-state index is 0.977. The Morgan fingerprint density at radius 3 is 1.41 bits per heavy atom. The minimum Gasteiger partial charge on any atom is -0.256 e. The van der Waals surface area contributed by atoms with E-state index >= 15 is 0 Å². The van der Waals surface area contributed by atoms with Crippen molar-refractivity contribution >= 4 is 37.9 Å². The first kappa shape index (κ1) is 39.2. The second-order valence-electron chi connectivity index (χ2n) is 17.2. The largest absolute Gasteiger partial charge is 0.256 e. The van der Waals surface area contributed by atoms with E-state index in [1.807, 2.05) is 6.20 Å². The standard InChI is InChI=1S/C65H45N/c1-5-20-44(21-6-1)58-42-59(64(47-24-9-3-10-25-47)65(48-26-11-4-12-27-48)63(58)46-22-7-2-8-23-46)51-30-19-31-52(40-51)62-56-34-17-15-32-54(56)61(55-33-16-18-35-57(55)62)49-38-36-45(37-39-49)60-41-50-28-13-14-29-53(50)43-66-60/h1,3-7,9-43H,2,8H2. The van der Waals surface area contributed by atoms with E-state index < -0.39 is 0 Å². The van der Waals surface area contributed by atoms with Crippen LogP contribution in [-0.4, -0.2) is 4.98 Å². The van der Waals surface area contributed by atoms with Crippen LogP contribution in [0.15, 0.2) is 249 Å². The van der Waals surface area contributed by atoms with Crippen LogP contribution < -0.4 is 0 Å². The van der Waals surface area contributed by atoms with Gasteiger partial charge in [-0.15, -0.1) is 0 Å². The molecule has 0 saturated carbocycles. The molecule has 0 aliphatic heterocycles. The van der Waals surface area contributed by atoms with E-state index in [2.05, 4.69) is 243 Å². The molecular formula is C65H45N. The summed E-state index contributed by atoms with van der Waals surface area (Å²) >= 11 is 0. The minimum absolute atomic E-state index is 0.977. The van der Waals surface area contributed by atoms with E-state index in [1.54, 1.807) is 0 Å². The highest BCUT2D eigenvalue weighted by Crippen LogP contribution is 2.51. The fraction of sp³-hybridized carbons (Fsp3) is 0.0308. The predicted octanol–water partition coefficient (Wildman–Crippen LogP) is 17.9. The van der Waals surface area contributed by atoms with Gasteiger partial charge in [0.25, 0.3) is 0 Å². The fourth-order valence-electron chi connectivity index (χ4n) is 10.3. The molecule has 1 aliphatic carbocycles. The third-order valence-corrected chi connectivity index (χ3v) is 13.3. The molecule has 0 radical (unpaired) electrons. The lowest BCUT2D eigenvalue weighted by molar-refractivity contribution is 1.04. The van der Waals surface area contributed by atoms with Gasteiger partial charge in [-0.25, -0.2) is 0 Å². The van der Waals surface area contributed by atoms with Crippen LogP contribution >= 0.6 is 0 Å². The SMILES string of the molecule is C1=CC(c2c(-c3ccccc3)cc(-c3cccc(-c4c5ccccc5c(-c5ccc(-c6cc7ccccc7cn6)cc5)c5ccccc45)c3)c(-c3ccccc3)c2-c2ccccc2)=CCC1. The van der Waals surface area contributed by atoms with Crippen molar-refractivity contribution in [2.24, 2.45) is 0 Å². The van der Waals surface area contributed by atoms with E-state index in [9.17, 15) is 0 Å². The second kappa shape index (κ2) is 17.0. The van der Waals surface area contributed by atoms with Gasteiger partial charge in [0.05, 0.1) is 5.69 Å². The Labute approximate surface area is 386 Å². The van der Waals surface area contributed by atoms with Crippen molar-refractivity contribution in [3.05, 3.63) is 254 Å². The first-order chi connectivity index (χ1) is 32.8. The van der Waals surface area contributed by atoms with E-state index in [4.69, 9.17) is 4.98 Å². The summed E-state index contributed by atoms with van der Waals surface area (Å²) in [5.41, 5.74) is 19.2. The summed E-state index contributed by atoms with van der Waals surface area (Å²) in [6.07, 6.45) is 11.1. The topological polar surface area (TPSA) is 12.9 Å². The van der Waals surface area contributed by atoms with E-state index in [1.165, 1.54) is 105 Å². The van der Waals surface area contributed by atoms with Crippen molar-refractivity contribution in [1.82, 2.24) is 4.98 Å². The van der Waals surface area contributed by atoms with Gasteiger partial charge in [0, 0.05) is 17.1 Å². The molecule has 0 saturated heterocycles. The Balaban J connectivity index is 1.08. The summed E-state index contributed by atoms with van der Waals surface area (Å²) in [7, 11) is 0. The molecule has 1 nitrogen and oxygen atoms in total. The van der Waals surface area contributed by atoms with Crippen molar-refractivity contribution in [3.8, 4) is 78.0 Å². The van der Waals surface area contributed by atoms with Gasteiger partial charge in [0.15, 0.2) is 0 Å². The van der Waals surface area contributed by atoms with Gasteiger partial charge in [-0.3, -0.25) is 4.98 Å². The van der Waals surface area contributed by atoms with Gasteiger partial charge < -0.3 is 0 Å². The maximum Gasteiger partial charge on any atom is 0.0708 e. The van der Waals surface area contributed by atoms with Gasteiger partial charge in [0.2, 0.25) is 0 Å². The number of allylic oxidation sites excluding steroid dienone is 4. The molecule has 12 rings (SSSR count). The lowest BCUT2D eigenvalue weighted by Gasteiger charge is -2.26. The van der Waals surface area contributed by atoms with Gasteiger partial charge in [-0.1, -0.05) is 224 Å². The maximum absolute atomic E-state index is 4.84. The molecule has 1 aromatic heterocycles. The van der Waals surface area contributed by atoms with Gasteiger partial charge in [-0.2, -0.15) is 0 Å². The Kier molecular flexibility index (Phi) is 10.1. The number of nitrogens with zero attached hydrogens (tertiary/aromatic N) is 1. The van der Waals surface area contributed by atoms with E-state index in [0.29, 0.717) is 0 Å². The van der Waals surface area contributed by atoms with Crippen LogP contribution in [0.4, 0.5) is 0 Å². The normalized spacial score (nSPS) is 12.5. The molecule has 0 amide bonds. The molecule has 0 fully saturated rings.